The fourth-order valence-electron chi connectivity index (χ4n) is 5.74. The molecule has 4 atom stereocenters. The maximum atomic E-state index is 14.0. The lowest BCUT2D eigenvalue weighted by Gasteiger charge is -2.35. The second-order valence-corrected chi connectivity index (χ2v) is 10.1. The summed E-state index contributed by atoms with van der Waals surface area (Å²) >= 11 is 12.4. The molecule has 184 valence electrons. The highest BCUT2D eigenvalue weighted by molar-refractivity contribution is 6.37. The van der Waals surface area contributed by atoms with Gasteiger partial charge in [0.05, 0.1) is 28.6 Å². The summed E-state index contributed by atoms with van der Waals surface area (Å²) in [6.07, 6.45) is 3.66. The summed E-state index contributed by atoms with van der Waals surface area (Å²) < 4.78 is 0. The Morgan fingerprint density at radius 1 is 0.865 bits per heavy atom. The molecule has 6 rings (SSSR count). The molecule has 2 fully saturated rings. The summed E-state index contributed by atoms with van der Waals surface area (Å²) in [6.45, 7) is 0. The molecule has 0 radical (unpaired) electrons. The van der Waals surface area contributed by atoms with Crippen LogP contribution in [0.15, 0.2) is 72.9 Å². The summed E-state index contributed by atoms with van der Waals surface area (Å²) in [4.78, 5) is 56.2. The molecule has 3 amide bonds. The van der Waals surface area contributed by atoms with E-state index in [1.54, 1.807) is 18.3 Å². The minimum atomic E-state index is -0.954. The third-order valence-electron chi connectivity index (χ3n) is 7.34. The van der Waals surface area contributed by atoms with Crippen LogP contribution in [-0.4, -0.2) is 34.4 Å². The van der Waals surface area contributed by atoms with Crippen LogP contribution in [0, 0.1) is 11.8 Å². The molecular formula is C28H19Cl2N3O4. The molecule has 0 aromatic heterocycles. The molecule has 7 nitrogen and oxygen atoms in total. The molecule has 0 bridgehead atoms. The summed E-state index contributed by atoms with van der Waals surface area (Å²) in [5, 5.41) is 0.558. The highest BCUT2D eigenvalue weighted by atomic mass is 35.5. The standard InChI is InChI=1S/C28H19Cl2N3O4/c29-16-7-10-19(20(30)13-16)25(34)24-22-21(23-18-4-2-1-3-14(18)11-12-32(23)24)27(36)33(28(22)37)17-8-5-15(6-9-17)26(31)35/h1-13,21-24H,(H2,31,35)/t21-,22+,23-,24+/m0/s1. The molecule has 0 spiro atoms. The van der Waals surface area contributed by atoms with Gasteiger partial charge in [-0.25, -0.2) is 4.90 Å². The van der Waals surface area contributed by atoms with Crippen LogP contribution in [0.5, 0.6) is 0 Å². The molecule has 3 heterocycles. The molecule has 9 heteroatoms. The molecule has 3 aromatic carbocycles. The van der Waals surface area contributed by atoms with E-state index >= 15 is 0 Å². The van der Waals surface area contributed by atoms with Crippen molar-refractivity contribution in [1.82, 2.24) is 4.90 Å². The number of benzene rings is 3. The van der Waals surface area contributed by atoms with E-state index in [2.05, 4.69) is 0 Å². The Bertz CT molecular complexity index is 1530. The smallest absolute Gasteiger partial charge is 0.248 e. The van der Waals surface area contributed by atoms with Gasteiger partial charge >= 0.3 is 0 Å². The van der Waals surface area contributed by atoms with Crippen LogP contribution >= 0.6 is 23.2 Å². The van der Waals surface area contributed by atoms with Crippen LogP contribution < -0.4 is 10.6 Å². The highest BCUT2D eigenvalue weighted by Gasteiger charge is 2.64. The van der Waals surface area contributed by atoms with Crippen LogP contribution in [0.4, 0.5) is 5.69 Å². The van der Waals surface area contributed by atoms with Gasteiger partial charge in [0.15, 0.2) is 5.78 Å². The van der Waals surface area contributed by atoms with E-state index in [1.165, 1.54) is 30.3 Å². The van der Waals surface area contributed by atoms with E-state index in [0.717, 1.165) is 16.0 Å². The lowest BCUT2D eigenvalue weighted by Crippen LogP contribution is -2.44. The van der Waals surface area contributed by atoms with Gasteiger partial charge in [-0.3, -0.25) is 19.2 Å². The zero-order chi connectivity index (χ0) is 26.0. The molecular weight excluding hydrogens is 513 g/mol. The van der Waals surface area contributed by atoms with Gasteiger partial charge < -0.3 is 10.6 Å². The average molecular weight is 532 g/mol. The van der Waals surface area contributed by atoms with Crippen molar-refractivity contribution < 1.29 is 19.2 Å². The van der Waals surface area contributed by atoms with Crippen molar-refractivity contribution in [2.24, 2.45) is 17.6 Å². The van der Waals surface area contributed by atoms with Crippen molar-refractivity contribution in [1.29, 1.82) is 0 Å². The minimum absolute atomic E-state index is 0.176. The first-order valence-electron chi connectivity index (χ1n) is 11.6. The number of Topliss-reactive ketones (excluding diaryl/α,β-unsaturated/α-hetero) is 1. The monoisotopic (exact) mass is 531 g/mol. The van der Waals surface area contributed by atoms with Crippen molar-refractivity contribution in [2.45, 2.75) is 12.1 Å². The number of halogens is 2. The first-order chi connectivity index (χ1) is 17.8. The van der Waals surface area contributed by atoms with Gasteiger partial charge in [0.2, 0.25) is 17.7 Å². The molecule has 3 aliphatic heterocycles. The molecule has 0 unspecified atom stereocenters. The number of amides is 3. The van der Waals surface area contributed by atoms with Crippen LogP contribution in [-0.2, 0) is 9.59 Å². The van der Waals surface area contributed by atoms with E-state index < -0.39 is 41.6 Å². The number of carbonyl (C=O) groups excluding carboxylic acids is 4. The van der Waals surface area contributed by atoms with Crippen LogP contribution in [0.2, 0.25) is 10.0 Å². The second kappa shape index (κ2) is 8.57. The Morgan fingerprint density at radius 2 is 1.57 bits per heavy atom. The summed E-state index contributed by atoms with van der Waals surface area (Å²) in [7, 11) is 0. The van der Waals surface area contributed by atoms with Gasteiger partial charge in [0.25, 0.3) is 0 Å². The quantitative estimate of drug-likeness (QED) is 0.394. The average Bonchev–Trinajstić information content (AvgIpc) is 3.36. The topological polar surface area (TPSA) is 101 Å². The zero-order valence-electron chi connectivity index (χ0n) is 19.2. The highest BCUT2D eigenvalue weighted by Crippen LogP contribution is 2.54. The van der Waals surface area contributed by atoms with Gasteiger partial charge in [-0.15, -0.1) is 0 Å². The number of rotatable bonds is 4. The van der Waals surface area contributed by atoms with Gasteiger partial charge in [-0.1, -0.05) is 47.5 Å². The number of nitrogens with zero attached hydrogens (tertiary/aromatic N) is 2. The fourth-order valence-corrected chi connectivity index (χ4v) is 6.24. The van der Waals surface area contributed by atoms with Gasteiger partial charge in [-0.2, -0.15) is 0 Å². The summed E-state index contributed by atoms with van der Waals surface area (Å²) in [6, 6.07) is 16.7. The number of fused-ring (bicyclic) bond motifs is 5. The lowest BCUT2D eigenvalue weighted by molar-refractivity contribution is -0.123. The van der Waals surface area contributed by atoms with Crippen molar-refractivity contribution in [3.8, 4) is 0 Å². The number of primary amides is 1. The molecule has 2 saturated heterocycles. The maximum absolute atomic E-state index is 14.0. The van der Waals surface area contributed by atoms with Crippen molar-refractivity contribution >= 4 is 58.5 Å². The summed E-state index contributed by atoms with van der Waals surface area (Å²) in [5.74, 6) is -3.60. The normalized spacial score (nSPS) is 23.6. The van der Waals surface area contributed by atoms with Crippen LogP contribution in [0.3, 0.4) is 0 Å². The van der Waals surface area contributed by atoms with E-state index in [4.69, 9.17) is 28.9 Å². The number of hydrogen-bond acceptors (Lipinski definition) is 5. The van der Waals surface area contributed by atoms with Crippen molar-refractivity contribution in [3.63, 3.8) is 0 Å². The predicted molar refractivity (Wildman–Crippen MR) is 139 cm³/mol. The van der Waals surface area contributed by atoms with Crippen LogP contribution in [0.1, 0.15) is 37.9 Å². The summed E-state index contributed by atoms with van der Waals surface area (Å²) in [5.41, 5.74) is 7.93. The molecule has 3 aromatic rings. The fraction of sp³-hybridized carbons (Fsp3) is 0.143. The zero-order valence-corrected chi connectivity index (χ0v) is 20.7. The Morgan fingerprint density at radius 3 is 2.27 bits per heavy atom. The van der Waals surface area contributed by atoms with E-state index in [1.807, 2.05) is 35.2 Å². The second-order valence-electron chi connectivity index (χ2n) is 9.24. The molecule has 0 aliphatic carbocycles. The van der Waals surface area contributed by atoms with E-state index in [0.29, 0.717) is 10.7 Å². The number of ketones is 1. The largest absolute Gasteiger partial charge is 0.366 e. The Kier molecular flexibility index (Phi) is 5.44. The number of imide groups is 1. The number of hydrogen-bond donors (Lipinski definition) is 1. The third kappa shape index (κ3) is 3.49. The van der Waals surface area contributed by atoms with E-state index in [-0.39, 0.29) is 21.9 Å². The third-order valence-corrected chi connectivity index (χ3v) is 7.88. The van der Waals surface area contributed by atoms with Gasteiger partial charge in [0, 0.05) is 22.3 Å². The van der Waals surface area contributed by atoms with Gasteiger partial charge in [-0.05, 0) is 59.7 Å². The number of anilines is 1. The Hall–Kier alpha value is -3.94. The maximum Gasteiger partial charge on any atom is 0.248 e. The number of carbonyl (C=O) groups is 4. The molecule has 2 N–H and O–H groups in total. The first kappa shape index (κ1) is 23.5. The SMILES string of the molecule is NC(=O)c1ccc(N2C(=O)[C@@H]3[C@H](C2=O)[C@@H]2c4ccccc4C=CN2[C@H]3C(=O)c2ccc(Cl)cc2Cl)cc1. The van der Waals surface area contributed by atoms with Gasteiger partial charge in [0.1, 0.15) is 6.04 Å². The van der Waals surface area contributed by atoms with E-state index in [9.17, 15) is 19.2 Å². The Balaban J connectivity index is 1.48. The number of nitrogens with two attached hydrogens (primary N) is 1. The minimum Gasteiger partial charge on any atom is -0.366 e. The van der Waals surface area contributed by atoms with Crippen LogP contribution in [0.25, 0.3) is 6.08 Å². The Labute approximate surface area is 222 Å². The van der Waals surface area contributed by atoms with Crippen molar-refractivity contribution in [3.05, 3.63) is 105 Å². The molecule has 3 aliphatic rings. The van der Waals surface area contributed by atoms with Crippen molar-refractivity contribution in [2.75, 3.05) is 4.90 Å². The molecule has 37 heavy (non-hydrogen) atoms. The first-order valence-corrected chi connectivity index (χ1v) is 12.3. The predicted octanol–water partition coefficient (Wildman–Crippen LogP) is 4.49. The molecule has 0 saturated carbocycles. The lowest BCUT2D eigenvalue weighted by atomic mass is 9.83.